The number of urea groups is 1. The van der Waals surface area contributed by atoms with Crippen LogP contribution in [-0.4, -0.2) is 11.9 Å². The Morgan fingerprint density at radius 3 is 1.78 bits per heavy atom. The van der Waals surface area contributed by atoms with Crippen molar-refractivity contribution in [1.82, 2.24) is 0 Å². The lowest BCUT2D eigenvalue weighted by molar-refractivity contribution is -0.116. The van der Waals surface area contributed by atoms with Gasteiger partial charge < -0.3 is 16.4 Å². The third-order valence-electron chi connectivity index (χ3n) is 4.21. The fourth-order valence-corrected chi connectivity index (χ4v) is 3.01. The number of anilines is 2. The molecule has 0 aliphatic heterocycles. The van der Waals surface area contributed by atoms with Crippen LogP contribution in [0, 0.1) is 0 Å². The number of benzene rings is 3. The van der Waals surface area contributed by atoms with Crippen LogP contribution in [0.15, 0.2) is 84.9 Å². The number of nitrogens with two attached hydrogens (primary N) is 1. The molecule has 0 aromatic heterocycles. The van der Waals surface area contributed by atoms with E-state index in [0.717, 1.165) is 11.1 Å². The second-order valence-electron chi connectivity index (χ2n) is 6.20. The van der Waals surface area contributed by atoms with E-state index in [-0.39, 0.29) is 11.8 Å². The quantitative estimate of drug-likeness (QED) is 0.612. The predicted octanol–water partition coefficient (Wildman–Crippen LogP) is 4.34. The van der Waals surface area contributed by atoms with Crippen LogP contribution in [0.4, 0.5) is 16.2 Å². The summed E-state index contributed by atoms with van der Waals surface area (Å²) >= 11 is 0. The van der Waals surface area contributed by atoms with Gasteiger partial charge in [0.2, 0.25) is 5.91 Å². The van der Waals surface area contributed by atoms with Crippen molar-refractivity contribution in [3.05, 3.63) is 96.1 Å². The summed E-state index contributed by atoms with van der Waals surface area (Å²) in [4.78, 5) is 23.7. The number of primary amides is 1. The van der Waals surface area contributed by atoms with E-state index >= 15 is 0 Å². The zero-order valence-corrected chi connectivity index (χ0v) is 14.8. The average Bonchev–Trinajstić information content (AvgIpc) is 2.67. The first kappa shape index (κ1) is 18.2. The molecule has 0 spiro atoms. The molecule has 27 heavy (non-hydrogen) atoms. The van der Waals surface area contributed by atoms with E-state index in [1.54, 1.807) is 24.3 Å². The van der Waals surface area contributed by atoms with E-state index in [4.69, 9.17) is 5.73 Å². The average molecular weight is 359 g/mol. The Balaban J connectivity index is 1.76. The first-order valence-electron chi connectivity index (χ1n) is 8.68. The summed E-state index contributed by atoms with van der Waals surface area (Å²) in [6.07, 6.45) is 0.307. The van der Waals surface area contributed by atoms with Crippen LogP contribution in [0.25, 0.3) is 0 Å². The molecular formula is C22H21N3O2. The van der Waals surface area contributed by atoms with Gasteiger partial charge in [-0.05, 0) is 29.3 Å². The molecule has 5 nitrogen and oxygen atoms in total. The standard InChI is InChI=1S/C22H21N3O2/c23-22(27)25-19-13-7-12-18(14-19)24-21(26)15-20(16-8-3-1-4-9-16)17-10-5-2-6-11-17/h1-14,20H,15H2,(H,24,26)(H3,23,25,27). The Morgan fingerprint density at radius 2 is 1.26 bits per heavy atom. The van der Waals surface area contributed by atoms with Crippen LogP contribution in [0.2, 0.25) is 0 Å². The molecule has 3 aromatic rings. The highest BCUT2D eigenvalue weighted by molar-refractivity contribution is 5.93. The van der Waals surface area contributed by atoms with Gasteiger partial charge in [-0.1, -0.05) is 66.7 Å². The molecule has 3 aromatic carbocycles. The third-order valence-corrected chi connectivity index (χ3v) is 4.21. The molecule has 4 N–H and O–H groups in total. The largest absolute Gasteiger partial charge is 0.351 e. The highest BCUT2D eigenvalue weighted by atomic mass is 16.2. The van der Waals surface area contributed by atoms with E-state index in [1.807, 2.05) is 60.7 Å². The topological polar surface area (TPSA) is 84.2 Å². The molecule has 5 heteroatoms. The van der Waals surface area contributed by atoms with Gasteiger partial charge in [-0.25, -0.2) is 4.79 Å². The summed E-state index contributed by atoms with van der Waals surface area (Å²) in [7, 11) is 0. The molecule has 3 rings (SSSR count). The molecule has 0 radical (unpaired) electrons. The van der Waals surface area contributed by atoms with E-state index in [1.165, 1.54) is 0 Å². The molecule has 0 aliphatic rings. The summed E-state index contributed by atoms with van der Waals surface area (Å²) in [6, 6.07) is 26.2. The lowest BCUT2D eigenvalue weighted by atomic mass is 9.88. The Bertz CT molecular complexity index is 872. The molecular weight excluding hydrogens is 338 g/mol. The van der Waals surface area contributed by atoms with Crippen molar-refractivity contribution in [1.29, 1.82) is 0 Å². The molecule has 0 saturated heterocycles. The highest BCUT2D eigenvalue weighted by Crippen LogP contribution is 2.28. The first-order chi connectivity index (χ1) is 13.1. The van der Waals surface area contributed by atoms with Crippen LogP contribution in [0.3, 0.4) is 0 Å². The minimum Gasteiger partial charge on any atom is -0.351 e. The summed E-state index contributed by atoms with van der Waals surface area (Å²) in [5, 5.41) is 5.39. The summed E-state index contributed by atoms with van der Waals surface area (Å²) in [5.74, 6) is -0.150. The van der Waals surface area contributed by atoms with Gasteiger partial charge in [0.15, 0.2) is 0 Å². The van der Waals surface area contributed by atoms with Gasteiger partial charge in [-0.2, -0.15) is 0 Å². The second kappa shape index (κ2) is 8.67. The van der Waals surface area contributed by atoms with Gasteiger partial charge in [0.25, 0.3) is 0 Å². The second-order valence-corrected chi connectivity index (χ2v) is 6.20. The molecule has 0 atom stereocenters. The minimum atomic E-state index is -0.647. The van der Waals surface area contributed by atoms with Crippen molar-refractivity contribution in [2.45, 2.75) is 12.3 Å². The van der Waals surface area contributed by atoms with Gasteiger partial charge in [0, 0.05) is 23.7 Å². The van der Waals surface area contributed by atoms with Crippen LogP contribution in [0.1, 0.15) is 23.5 Å². The van der Waals surface area contributed by atoms with Crippen LogP contribution in [0.5, 0.6) is 0 Å². The lowest BCUT2D eigenvalue weighted by Crippen LogP contribution is -2.19. The van der Waals surface area contributed by atoms with Crippen LogP contribution >= 0.6 is 0 Å². The van der Waals surface area contributed by atoms with Crippen molar-refractivity contribution in [3.8, 4) is 0 Å². The number of carbonyl (C=O) groups is 2. The van der Waals surface area contributed by atoms with Crippen molar-refractivity contribution in [2.75, 3.05) is 10.6 Å². The van der Waals surface area contributed by atoms with Gasteiger partial charge >= 0.3 is 6.03 Å². The summed E-state index contributed by atoms with van der Waals surface area (Å²) in [5.41, 5.74) is 8.44. The van der Waals surface area contributed by atoms with Gasteiger partial charge in [0.1, 0.15) is 0 Å². The van der Waals surface area contributed by atoms with Gasteiger partial charge in [0.05, 0.1) is 0 Å². The predicted molar refractivity (Wildman–Crippen MR) is 108 cm³/mol. The van der Waals surface area contributed by atoms with Crippen molar-refractivity contribution in [3.63, 3.8) is 0 Å². The molecule has 0 bridgehead atoms. The smallest absolute Gasteiger partial charge is 0.316 e. The van der Waals surface area contributed by atoms with Crippen LogP contribution in [-0.2, 0) is 4.79 Å². The van der Waals surface area contributed by atoms with Gasteiger partial charge in [-0.15, -0.1) is 0 Å². The fourth-order valence-electron chi connectivity index (χ4n) is 3.01. The number of amides is 3. The van der Waals surface area contributed by atoms with E-state index in [0.29, 0.717) is 17.8 Å². The lowest BCUT2D eigenvalue weighted by Gasteiger charge is -2.18. The molecule has 0 heterocycles. The van der Waals surface area contributed by atoms with Crippen molar-refractivity contribution < 1.29 is 9.59 Å². The Hall–Kier alpha value is -3.60. The summed E-state index contributed by atoms with van der Waals surface area (Å²) in [6.45, 7) is 0. The van der Waals surface area contributed by atoms with E-state index < -0.39 is 6.03 Å². The van der Waals surface area contributed by atoms with Crippen molar-refractivity contribution >= 4 is 23.3 Å². The van der Waals surface area contributed by atoms with Gasteiger partial charge in [-0.3, -0.25) is 4.79 Å². The molecule has 136 valence electrons. The Morgan fingerprint density at radius 1 is 0.741 bits per heavy atom. The normalized spacial score (nSPS) is 10.4. The first-order valence-corrected chi connectivity index (χ1v) is 8.68. The molecule has 3 amide bonds. The zero-order chi connectivity index (χ0) is 19.1. The third kappa shape index (κ3) is 5.19. The Kier molecular flexibility index (Phi) is 5.84. The number of rotatable bonds is 6. The number of carbonyl (C=O) groups excluding carboxylic acids is 2. The van der Waals surface area contributed by atoms with Crippen LogP contribution < -0.4 is 16.4 Å². The number of nitrogens with one attached hydrogen (secondary N) is 2. The molecule has 0 fully saturated rings. The van der Waals surface area contributed by atoms with Crippen molar-refractivity contribution in [2.24, 2.45) is 5.73 Å². The monoisotopic (exact) mass is 359 g/mol. The maximum atomic E-state index is 12.7. The molecule has 0 aliphatic carbocycles. The number of hydrogen-bond donors (Lipinski definition) is 3. The minimum absolute atomic E-state index is 0.0423. The Labute approximate surface area is 158 Å². The maximum Gasteiger partial charge on any atom is 0.316 e. The summed E-state index contributed by atoms with van der Waals surface area (Å²) < 4.78 is 0. The highest BCUT2D eigenvalue weighted by Gasteiger charge is 2.18. The zero-order valence-electron chi connectivity index (χ0n) is 14.8. The van der Waals surface area contributed by atoms with E-state index in [9.17, 15) is 9.59 Å². The molecule has 0 unspecified atom stereocenters. The number of hydrogen-bond acceptors (Lipinski definition) is 2. The SMILES string of the molecule is NC(=O)Nc1cccc(NC(=O)CC(c2ccccc2)c2ccccc2)c1. The van der Waals surface area contributed by atoms with E-state index in [2.05, 4.69) is 10.6 Å². The maximum absolute atomic E-state index is 12.7. The molecule has 0 saturated carbocycles. The fraction of sp³-hybridized carbons (Fsp3) is 0.0909.